The Morgan fingerprint density at radius 2 is 1.89 bits per heavy atom. The summed E-state index contributed by atoms with van der Waals surface area (Å²) >= 11 is 0. The summed E-state index contributed by atoms with van der Waals surface area (Å²) in [5, 5.41) is 2.67. The van der Waals surface area contributed by atoms with Crippen LogP contribution < -0.4 is 10.2 Å². The van der Waals surface area contributed by atoms with E-state index in [9.17, 15) is 14.3 Å². The highest BCUT2D eigenvalue weighted by molar-refractivity contribution is 7.30. The maximum Gasteiger partial charge on any atom is 0.489 e. The van der Waals surface area contributed by atoms with Crippen molar-refractivity contribution in [2.24, 2.45) is 0 Å². The minimum Gasteiger partial charge on any atom is -0.566 e. The van der Waals surface area contributed by atoms with Crippen LogP contribution in [0.25, 0.3) is 11.2 Å². The summed E-state index contributed by atoms with van der Waals surface area (Å²) in [6.45, 7) is 12.5. The standard InChI is InChI=1S/C24H32N5O6PSi/c1-7-16-18(35-37(5,6)24(2,3)4)19(34-36(31)32)23(33-16)29-14-27-17-20(25-13-26-21(17)29)28-22(30)15-11-9-8-10-12-15/h8-14,16,18-19,23H,7H2,1-6H3,(H,25,26,28,30)/t16-,18?,19+,23-/m1/s1. The SMILES string of the molecule is CC[C@H]1O[C@@H](n2cnc3c(NC(=O)c4ccccc4)ncnc32)[C@@H](O[P+](=O)[O-])C1O[Si](C)(C)C(C)(C)C. The highest BCUT2D eigenvalue weighted by Gasteiger charge is 2.53. The van der Waals surface area contributed by atoms with Crippen LogP contribution in [0.3, 0.4) is 0 Å². The van der Waals surface area contributed by atoms with Crippen molar-refractivity contribution in [2.45, 2.75) is 76.8 Å². The molecule has 5 atom stereocenters. The van der Waals surface area contributed by atoms with Crippen LogP contribution >= 0.6 is 8.25 Å². The predicted octanol–water partition coefficient (Wildman–Crippen LogP) is 4.18. The van der Waals surface area contributed by atoms with Gasteiger partial charge in [-0.15, -0.1) is 4.52 Å². The van der Waals surface area contributed by atoms with Crippen LogP contribution in [0.15, 0.2) is 43.0 Å². The zero-order valence-corrected chi connectivity index (χ0v) is 23.6. The van der Waals surface area contributed by atoms with Gasteiger partial charge in [0, 0.05) is 5.56 Å². The van der Waals surface area contributed by atoms with E-state index in [2.05, 4.69) is 54.1 Å². The molecular formula is C24H32N5O6PSi. The average molecular weight is 546 g/mol. The van der Waals surface area contributed by atoms with E-state index < -0.39 is 41.1 Å². The zero-order chi connectivity index (χ0) is 27.0. The Labute approximate surface area is 217 Å². The first kappa shape index (κ1) is 27.4. The van der Waals surface area contributed by atoms with Gasteiger partial charge in [-0.3, -0.25) is 9.36 Å². The number of hydrogen-bond acceptors (Lipinski definition) is 9. The maximum atomic E-state index is 12.7. The molecule has 0 radical (unpaired) electrons. The molecule has 1 amide bonds. The average Bonchev–Trinajstić information content (AvgIpc) is 3.40. The quantitative estimate of drug-likeness (QED) is 0.326. The molecule has 2 unspecified atom stereocenters. The summed E-state index contributed by atoms with van der Waals surface area (Å²) in [5.41, 5.74) is 1.17. The van der Waals surface area contributed by atoms with Crippen LogP contribution in [0.5, 0.6) is 0 Å². The third-order valence-corrected chi connectivity index (χ3v) is 11.9. The number of fused-ring (bicyclic) bond motifs is 1. The van der Waals surface area contributed by atoms with Crippen molar-refractivity contribution in [1.29, 1.82) is 0 Å². The number of carbonyl (C=O) groups is 1. The van der Waals surface area contributed by atoms with E-state index in [0.717, 1.165) is 0 Å². The topological polar surface area (TPSA) is 141 Å². The third kappa shape index (κ3) is 5.64. The normalized spacial score (nSPS) is 22.8. The van der Waals surface area contributed by atoms with Crippen molar-refractivity contribution in [2.75, 3.05) is 5.32 Å². The molecule has 1 aliphatic rings. The molecule has 0 saturated carbocycles. The number of hydrogen-bond donors (Lipinski definition) is 1. The smallest absolute Gasteiger partial charge is 0.489 e. The highest BCUT2D eigenvalue weighted by Crippen LogP contribution is 2.44. The molecule has 3 aromatic rings. The number of nitrogens with zero attached hydrogens (tertiary/aromatic N) is 4. The lowest BCUT2D eigenvalue weighted by Gasteiger charge is -2.39. The monoisotopic (exact) mass is 545 g/mol. The number of nitrogens with one attached hydrogen (secondary N) is 1. The number of ether oxygens (including phenoxy) is 1. The Morgan fingerprint density at radius 1 is 1.19 bits per heavy atom. The molecular weight excluding hydrogens is 513 g/mol. The number of benzene rings is 1. The molecule has 1 saturated heterocycles. The van der Waals surface area contributed by atoms with Gasteiger partial charge in [0.05, 0.1) is 12.4 Å². The van der Waals surface area contributed by atoms with Gasteiger partial charge in [0.1, 0.15) is 12.4 Å². The van der Waals surface area contributed by atoms with Gasteiger partial charge in [-0.25, -0.2) is 15.0 Å². The van der Waals surface area contributed by atoms with Gasteiger partial charge in [-0.1, -0.05) is 45.9 Å². The van der Waals surface area contributed by atoms with Gasteiger partial charge in [0.15, 0.2) is 37.6 Å². The Morgan fingerprint density at radius 3 is 2.51 bits per heavy atom. The fraction of sp³-hybridized carbons (Fsp3) is 0.500. The van der Waals surface area contributed by atoms with Crippen LogP contribution in [0, 0.1) is 0 Å². The summed E-state index contributed by atoms with van der Waals surface area (Å²) < 4.78 is 31.8. The molecule has 0 aliphatic carbocycles. The van der Waals surface area contributed by atoms with E-state index in [-0.39, 0.29) is 16.8 Å². The van der Waals surface area contributed by atoms with Gasteiger partial charge >= 0.3 is 8.25 Å². The van der Waals surface area contributed by atoms with E-state index in [0.29, 0.717) is 23.1 Å². The number of aromatic nitrogens is 4. The molecule has 11 nitrogen and oxygen atoms in total. The van der Waals surface area contributed by atoms with Crippen LogP contribution in [-0.4, -0.2) is 52.1 Å². The summed E-state index contributed by atoms with van der Waals surface area (Å²) in [5.74, 6) is -0.116. The summed E-state index contributed by atoms with van der Waals surface area (Å²) in [4.78, 5) is 37.4. The Kier molecular flexibility index (Phi) is 7.89. The fourth-order valence-electron chi connectivity index (χ4n) is 4.03. The Bertz CT molecular complexity index is 1280. The van der Waals surface area contributed by atoms with Crippen LogP contribution in [0.1, 0.15) is 50.7 Å². The van der Waals surface area contributed by atoms with Crippen molar-refractivity contribution >= 4 is 39.5 Å². The van der Waals surface area contributed by atoms with Gasteiger partial charge in [-0.05, 0) is 41.3 Å². The van der Waals surface area contributed by atoms with Crippen molar-refractivity contribution in [3.63, 3.8) is 0 Å². The highest BCUT2D eigenvalue weighted by atomic mass is 31.1. The second kappa shape index (κ2) is 10.6. The van der Waals surface area contributed by atoms with E-state index in [1.165, 1.54) is 12.7 Å². The molecule has 1 N–H and O–H groups in total. The van der Waals surface area contributed by atoms with Crippen molar-refractivity contribution < 1.29 is 27.9 Å². The lowest BCUT2D eigenvalue weighted by Crippen LogP contribution is -2.49. The second-order valence-corrected chi connectivity index (χ2v) is 15.9. The summed E-state index contributed by atoms with van der Waals surface area (Å²) in [7, 11) is -5.49. The number of carbonyl (C=O) groups excluding carboxylic acids is 1. The van der Waals surface area contributed by atoms with Gasteiger partial charge in [0.25, 0.3) is 5.91 Å². The Balaban J connectivity index is 1.69. The molecule has 0 spiro atoms. The molecule has 2 aromatic heterocycles. The predicted molar refractivity (Wildman–Crippen MR) is 138 cm³/mol. The van der Waals surface area contributed by atoms with Crippen molar-refractivity contribution in [3.8, 4) is 0 Å². The minimum atomic E-state index is -3.19. The van der Waals surface area contributed by atoms with E-state index in [1.54, 1.807) is 28.8 Å². The fourth-order valence-corrected chi connectivity index (χ4v) is 5.77. The van der Waals surface area contributed by atoms with Crippen LogP contribution in [0.4, 0.5) is 5.82 Å². The van der Waals surface area contributed by atoms with Crippen LogP contribution in [-0.2, 0) is 18.3 Å². The van der Waals surface area contributed by atoms with E-state index >= 15 is 0 Å². The summed E-state index contributed by atoms with van der Waals surface area (Å²) in [6, 6.07) is 8.74. The maximum absolute atomic E-state index is 12.7. The van der Waals surface area contributed by atoms with Gasteiger partial charge in [-0.2, -0.15) is 0 Å². The van der Waals surface area contributed by atoms with Crippen LogP contribution in [0.2, 0.25) is 18.1 Å². The number of amides is 1. The van der Waals surface area contributed by atoms with Gasteiger partial charge in [0.2, 0.25) is 0 Å². The number of imidazole rings is 1. The largest absolute Gasteiger partial charge is 0.566 e. The first-order valence-electron chi connectivity index (χ1n) is 12.1. The Hall–Kier alpha value is -2.60. The molecule has 1 aromatic carbocycles. The molecule has 1 fully saturated rings. The lowest BCUT2D eigenvalue weighted by atomic mass is 10.1. The molecule has 3 heterocycles. The first-order chi connectivity index (χ1) is 17.4. The lowest BCUT2D eigenvalue weighted by molar-refractivity contribution is -0.194. The first-order valence-corrected chi connectivity index (χ1v) is 16.1. The molecule has 0 bridgehead atoms. The molecule has 37 heavy (non-hydrogen) atoms. The van der Waals surface area contributed by atoms with E-state index in [4.69, 9.17) is 13.7 Å². The zero-order valence-electron chi connectivity index (χ0n) is 21.7. The van der Waals surface area contributed by atoms with Crippen molar-refractivity contribution in [3.05, 3.63) is 48.5 Å². The van der Waals surface area contributed by atoms with E-state index in [1.807, 2.05) is 13.0 Å². The molecule has 198 valence electrons. The minimum absolute atomic E-state index is 0.103. The second-order valence-electron chi connectivity index (χ2n) is 10.5. The molecule has 4 rings (SSSR count). The van der Waals surface area contributed by atoms with Gasteiger partial charge < -0.3 is 19.4 Å². The number of rotatable bonds is 8. The number of anilines is 1. The summed E-state index contributed by atoms with van der Waals surface area (Å²) in [6.07, 6.45) is 0.542. The molecule has 13 heteroatoms. The third-order valence-electron chi connectivity index (χ3n) is 7.03. The van der Waals surface area contributed by atoms with Crippen molar-refractivity contribution in [1.82, 2.24) is 19.5 Å². The molecule has 1 aliphatic heterocycles.